The fraction of sp³-hybridized carbons (Fsp3) is 1.00. The second-order valence-corrected chi connectivity index (χ2v) is 4.46. The molecule has 1 atom stereocenters. The van der Waals surface area contributed by atoms with Crippen LogP contribution in [0, 0.1) is 0 Å². The summed E-state index contributed by atoms with van der Waals surface area (Å²) in [5.74, 6) is 0. The van der Waals surface area contributed by atoms with E-state index in [0.29, 0.717) is 0 Å². The normalized spacial score (nSPS) is 16.2. The fourth-order valence-electron chi connectivity index (χ4n) is 0.973. The van der Waals surface area contributed by atoms with Gasteiger partial charge in [-0.3, -0.25) is 0 Å². The number of hydrogen-bond acceptors (Lipinski definition) is 1. The molecule has 0 N–H and O–H groups in total. The van der Waals surface area contributed by atoms with Crippen molar-refractivity contribution >= 4 is 98.9 Å². The lowest BCUT2D eigenvalue weighted by Crippen LogP contribution is -2.63. The van der Waals surface area contributed by atoms with Gasteiger partial charge in [-0.05, 0) is 5.15 Å². The van der Waals surface area contributed by atoms with E-state index in [0.717, 1.165) is 5.15 Å². The van der Waals surface area contributed by atoms with Crippen molar-refractivity contribution in [1.29, 1.82) is 0 Å². The zero-order chi connectivity index (χ0) is 12.0. The second-order valence-electron chi connectivity index (χ2n) is 3.73. The molecule has 13 radical (unpaired) electrons. The van der Waals surface area contributed by atoms with Gasteiger partial charge in [-0.2, -0.15) is 12.6 Å². The Balaban J connectivity index is 0.000000401. The maximum absolute atomic E-state index is 5.52. The lowest BCUT2D eigenvalue weighted by molar-refractivity contribution is 1.63. The van der Waals surface area contributed by atoms with Gasteiger partial charge in [0.1, 0.15) is 7.28 Å². The average molecular weight is 191 g/mol. The van der Waals surface area contributed by atoms with Crippen molar-refractivity contribution in [1.82, 2.24) is 0 Å². The van der Waals surface area contributed by atoms with E-state index < -0.39 is 19.2 Å². The molecule has 15 heavy (non-hydrogen) atoms. The van der Waals surface area contributed by atoms with Crippen LogP contribution in [-0.2, 0) is 0 Å². The Morgan fingerprint density at radius 1 is 1.13 bits per heavy atom. The minimum atomic E-state index is -0.648. The smallest absolute Gasteiger partial charge is 0.136 e. The number of rotatable bonds is 4. The molecule has 13 heteroatoms. The summed E-state index contributed by atoms with van der Waals surface area (Å²) in [5, 5.41) is 0.778. The Kier molecular flexibility index (Phi) is 8.88. The van der Waals surface area contributed by atoms with Gasteiger partial charge in [-0.25, -0.2) is 0 Å². The monoisotopic (exact) mass is 193 g/mol. The molecule has 0 aromatic rings. The molecular formula is C2H5B12S. The van der Waals surface area contributed by atoms with Crippen LogP contribution in [0.3, 0.4) is 0 Å². The standard InChI is InChI=1S/C2H5BS.B11/c4-2-1-3-2;1-7-10(6)11(8(2)3)9(4)5/h2-4H,1H2;. The van der Waals surface area contributed by atoms with Crippen LogP contribution in [-0.4, -0.2) is 91.5 Å². The summed E-state index contributed by atoms with van der Waals surface area (Å²) >= 11 is 4.08. The van der Waals surface area contributed by atoms with Crippen molar-refractivity contribution in [3.63, 3.8) is 0 Å². The molecule has 0 amide bonds. The van der Waals surface area contributed by atoms with Gasteiger partial charge in [0.15, 0.2) is 0 Å². The minimum Gasteiger partial charge on any atom is -0.185 e. The van der Waals surface area contributed by atoms with Crippen molar-refractivity contribution in [3.05, 3.63) is 0 Å². The first-order valence-corrected chi connectivity index (χ1v) is 5.42. The van der Waals surface area contributed by atoms with Crippen LogP contribution in [0.15, 0.2) is 0 Å². The predicted molar refractivity (Wildman–Crippen MR) is 88.0 cm³/mol. The Hall–Kier alpha value is 1.13. The Labute approximate surface area is 110 Å². The molecule has 0 spiro atoms. The van der Waals surface area contributed by atoms with E-state index in [4.69, 9.17) is 46.4 Å². The fourth-order valence-corrected chi connectivity index (χ4v) is 1.12. The molecule has 1 aliphatic heterocycles. The van der Waals surface area contributed by atoms with Gasteiger partial charge in [0.2, 0.25) is 0 Å². The maximum atomic E-state index is 5.52. The second kappa shape index (κ2) is 8.25. The number of thiol groups is 1. The van der Waals surface area contributed by atoms with Crippen molar-refractivity contribution < 1.29 is 0 Å². The molecule has 0 bridgehead atoms. The third kappa shape index (κ3) is 7.93. The van der Waals surface area contributed by atoms with Gasteiger partial charge < -0.3 is 0 Å². The molecule has 0 aromatic carbocycles. The van der Waals surface area contributed by atoms with Gasteiger partial charge in [0.05, 0.1) is 0 Å². The zero-order valence-corrected chi connectivity index (χ0v) is 9.68. The lowest BCUT2D eigenvalue weighted by Gasteiger charge is -2.25. The first-order valence-electron chi connectivity index (χ1n) is 4.91. The predicted octanol–water partition coefficient (Wildman–Crippen LogP) is -4.08. The van der Waals surface area contributed by atoms with Crippen LogP contribution in [0.5, 0.6) is 0 Å². The van der Waals surface area contributed by atoms with Gasteiger partial charge >= 0.3 is 0 Å². The van der Waals surface area contributed by atoms with Gasteiger partial charge in [0.25, 0.3) is 0 Å². The minimum absolute atomic E-state index is 0.389. The molecule has 0 aromatic heterocycles. The van der Waals surface area contributed by atoms with Crippen molar-refractivity contribution in [2.24, 2.45) is 0 Å². The van der Waals surface area contributed by atoms with Crippen LogP contribution in [0.25, 0.3) is 0 Å². The molecule has 1 heterocycles. The van der Waals surface area contributed by atoms with Crippen LogP contribution in [0.2, 0.25) is 6.32 Å². The van der Waals surface area contributed by atoms with E-state index in [1.54, 1.807) is 0 Å². The highest BCUT2D eigenvalue weighted by Gasteiger charge is 2.26. The van der Waals surface area contributed by atoms with Crippen LogP contribution >= 0.6 is 12.6 Å². The largest absolute Gasteiger partial charge is 0.185 e. The molecule has 0 saturated carbocycles. The van der Waals surface area contributed by atoms with Crippen LogP contribution < -0.4 is 0 Å². The maximum Gasteiger partial charge on any atom is 0.136 e. The van der Waals surface area contributed by atoms with Crippen LogP contribution in [0.4, 0.5) is 0 Å². The molecule has 1 rings (SSSR count). The van der Waals surface area contributed by atoms with E-state index in [1.165, 1.54) is 20.7 Å². The summed E-state index contributed by atoms with van der Waals surface area (Å²) in [5.41, 5.74) is 0. The highest BCUT2D eigenvalue weighted by atomic mass is 32.1. The van der Waals surface area contributed by atoms with Crippen molar-refractivity contribution in [2.45, 2.75) is 11.5 Å². The van der Waals surface area contributed by atoms with Crippen LogP contribution in [0.1, 0.15) is 0 Å². The van der Waals surface area contributed by atoms with Crippen molar-refractivity contribution in [3.8, 4) is 0 Å². The van der Waals surface area contributed by atoms with E-state index in [9.17, 15) is 0 Å². The average Bonchev–Trinajstić information content (AvgIpc) is 2.87. The third-order valence-electron chi connectivity index (χ3n) is 2.10. The molecule has 55 valence electrons. The van der Waals surface area contributed by atoms with E-state index in [2.05, 4.69) is 12.6 Å². The van der Waals surface area contributed by atoms with E-state index in [1.807, 2.05) is 0 Å². The van der Waals surface area contributed by atoms with Gasteiger partial charge in [0, 0.05) is 79.0 Å². The Morgan fingerprint density at radius 2 is 1.47 bits per heavy atom. The van der Waals surface area contributed by atoms with Gasteiger partial charge in [-0.15, -0.1) is 0 Å². The summed E-state index contributed by atoms with van der Waals surface area (Å²) in [7, 11) is 34.8. The summed E-state index contributed by atoms with van der Waals surface area (Å²) in [6, 6.07) is 0. The highest BCUT2D eigenvalue weighted by Crippen LogP contribution is 2.14. The Morgan fingerprint density at radius 3 is 1.53 bits per heavy atom. The summed E-state index contributed by atoms with van der Waals surface area (Å²) in [6.07, 6.45) is -0.798. The summed E-state index contributed by atoms with van der Waals surface area (Å²) in [4.78, 5) is 0. The first kappa shape index (κ1) is 16.1. The lowest BCUT2D eigenvalue weighted by atomic mass is 8.56. The highest BCUT2D eigenvalue weighted by molar-refractivity contribution is 8.01. The third-order valence-corrected chi connectivity index (χ3v) is 2.62. The Bertz CT molecular complexity index is 148. The first-order chi connectivity index (χ1) is 6.90. The quantitative estimate of drug-likeness (QED) is 0.339. The molecule has 1 aliphatic rings. The van der Waals surface area contributed by atoms with Crippen molar-refractivity contribution in [2.75, 3.05) is 0 Å². The summed E-state index contributed by atoms with van der Waals surface area (Å²) < 4.78 is 0. The van der Waals surface area contributed by atoms with Gasteiger partial charge in [-0.1, -0.05) is 6.32 Å². The molecule has 0 nitrogen and oxygen atoms in total. The molecule has 1 saturated heterocycles. The molecular weight excluding hydrogens is 186 g/mol. The summed E-state index contributed by atoms with van der Waals surface area (Å²) in [6.45, 7) is 0. The SMILES string of the molecule is SC1BC1.[B][B]B([B])B(B([B])[B])B([B])[B]. The van der Waals surface area contributed by atoms with E-state index >= 15 is 0 Å². The molecule has 1 unspecified atom stereocenters. The van der Waals surface area contributed by atoms with E-state index in [-0.39, 0.29) is 6.39 Å². The molecule has 0 aliphatic carbocycles. The molecule has 1 fully saturated rings. The zero-order valence-electron chi connectivity index (χ0n) is 8.79. The topological polar surface area (TPSA) is 0 Å². The number of hydrogen-bond donors (Lipinski definition) is 1.